The standard InChI is InChI=1S/C16H21FN2O2/c1-2-9-21-10-7-16(20)19-12-14-11-13(4-3-8-18)5-6-15(14)17/h5-6,11H,2,7-10,12,18H2,1H3,(H,19,20). The Morgan fingerprint density at radius 3 is 2.95 bits per heavy atom. The summed E-state index contributed by atoms with van der Waals surface area (Å²) in [5, 5.41) is 2.67. The Labute approximate surface area is 124 Å². The lowest BCUT2D eigenvalue weighted by Crippen LogP contribution is -2.24. The summed E-state index contributed by atoms with van der Waals surface area (Å²) in [7, 11) is 0. The first kappa shape index (κ1) is 17.2. The molecule has 5 heteroatoms. The molecular formula is C16H21FN2O2. The van der Waals surface area contributed by atoms with Gasteiger partial charge in [0.25, 0.3) is 0 Å². The highest BCUT2D eigenvalue weighted by atomic mass is 19.1. The molecule has 1 aromatic carbocycles. The smallest absolute Gasteiger partial charge is 0.222 e. The number of carbonyl (C=O) groups excluding carboxylic acids is 1. The molecule has 0 aromatic heterocycles. The van der Waals surface area contributed by atoms with Gasteiger partial charge in [-0.2, -0.15) is 0 Å². The average molecular weight is 292 g/mol. The van der Waals surface area contributed by atoms with Gasteiger partial charge < -0.3 is 15.8 Å². The molecule has 0 aliphatic rings. The number of nitrogens with two attached hydrogens (primary N) is 1. The van der Waals surface area contributed by atoms with Crippen molar-refractivity contribution in [3.05, 3.63) is 35.1 Å². The van der Waals surface area contributed by atoms with E-state index in [0.717, 1.165) is 6.42 Å². The van der Waals surface area contributed by atoms with Crippen LogP contribution in [0, 0.1) is 17.7 Å². The minimum atomic E-state index is -0.365. The van der Waals surface area contributed by atoms with Gasteiger partial charge in [0.1, 0.15) is 5.82 Å². The van der Waals surface area contributed by atoms with Gasteiger partial charge >= 0.3 is 0 Å². The zero-order valence-electron chi connectivity index (χ0n) is 12.2. The number of halogens is 1. The molecule has 21 heavy (non-hydrogen) atoms. The maximum absolute atomic E-state index is 13.6. The van der Waals surface area contributed by atoms with Crippen molar-refractivity contribution >= 4 is 5.91 Å². The van der Waals surface area contributed by atoms with E-state index in [9.17, 15) is 9.18 Å². The predicted octanol–water partition coefficient (Wildman–Crippen LogP) is 1.57. The van der Waals surface area contributed by atoms with Gasteiger partial charge in [-0.3, -0.25) is 4.79 Å². The number of ether oxygens (including phenoxy) is 1. The van der Waals surface area contributed by atoms with Crippen molar-refractivity contribution < 1.29 is 13.9 Å². The number of hydrogen-bond acceptors (Lipinski definition) is 3. The fourth-order valence-corrected chi connectivity index (χ4v) is 1.63. The van der Waals surface area contributed by atoms with Gasteiger partial charge in [0, 0.05) is 30.7 Å². The van der Waals surface area contributed by atoms with Crippen LogP contribution in [0.1, 0.15) is 30.9 Å². The van der Waals surface area contributed by atoms with Crippen LogP contribution in [0.25, 0.3) is 0 Å². The van der Waals surface area contributed by atoms with Gasteiger partial charge in [0.2, 0.25) is 5.91 Å². The van der Waals surface area contributed by atoms with Crippen LogP contribution in [0.2, 0.25) is 0 Å². The number of rotatable bonds is 7. The first-order chi connectivity index (χ1) is 10.2. The number of benzene rings is 1. The van der Waals surface area contributed by atoms with E-state index in [2.05, 4.69) is 17.2 Å². The number of carbonyl (C=O) groups is 1. The topological polar surface area (TPSA) is 64.3 Å². The second-order valence-electron chi connectivity index (χ2n) is 4.45. The lowest BCUT2D eigenvalue weighted by Gasteiger charge is -2.07. The molecule has 0 spiro atoms. The van der Waals surface area contributed by atoms with Crippen molar-refractivity contribution in [3.8, 4) is 11.8 Å². The minimum Gasteiger partial charge on any atom is -0.381 e. The van der Waals surface area contributed by atoms with Gasteiger partial charge in [-0.15, -0.1) is 0 Å². The lowest BCUT2D eigenvalue weighted by molar-refractivity contribution is -0.122. The molecule has 114 valence electrons. The first-order valence-corrected chi connectivity index (χ1v) is 6.99. The summed E-state index contributed by atoms with van der Waals surface area (Å²) < 4.78 is 18.9. The van der Waals surface area contributed by atoms with E-state index in [0.29, 0.717) is 24.3 Å². The molecule has 0 aliphatic carbocycles. The monoisotopic (exact) mass is 292 g/mol. The molecule has 1 amide bonds. The Morgan fingerprint density at radius 1 is 1.43 bits per heavy atom. The zero-order valence-corrected chi connectivity index (χ0v) is 12.2. The SMILES string of the molecule is CCCOCCC(=O)NCc1cc(C#CCN)ccc1F. The van der Waals surface area contributed by atoms with Gasteiger partial charge in [0.15, 0.2) is 0 Å². The molecular weight excluding hydrogens is 271 g/mol. The lowest BCUT2D eigenvalue weighted by atomic mass is 10.1. The van der Waals surface area contributed by atoms with E-state index in [1.165, 1.54) is 6.07 Å². The van der Waals surface area contributed by atoms with Gasteiger partial charge in [-0.1, -0.05) is 18.8 Å². The first-order valence-electron chi connectivity index (χ1n) is 6.99. The second-order valence-corrected chi connectivity index (χ2v) is 4.45. The molecule has 0 heterocycles. The summed E-state index contributed by atoms with van der Waals surface area (Å²) >= 11 is 0. The molecule has 3 N–H and O–H groups in total. The fourth-order valence-electron chi connectivity index (χ4n) is 1.63. The fraction of sp³-hybridized carbons (Fsp3) is 0.438. The normalized spacial score (nSPS) is 9.86. The average Bonchev–Trinajstić information content (AvgIpc) is 2.49. The van der Waals surface area contributed by atoms with Crippen LogP contribution in [0.3, 0.4) is 0 Å². The Bertz CT molecular complexity index is 521. The third-order valence-electron chi connectivity index (χ3n) is 2.68. The van der Waals surface area contributed by atoms with Crippen molar-refractivity contribution in [1.29, 1.82) is 0 Å². The second kappa shape index (κ2) is 9.92. The highest BCUT2D eigenvalue weighted by Gasteiger charge is 2.06. The molecule has 0 unspecified atom stereocenters. The summed E-state index contributed by atoms with van der Waals surface area (Å²) in [6, 6.07) is 4.54. The Balaban J connectivity index is 2.48. The highest BCUT2D eigenvalue weighted by molar-refractivity contribution is 5.75. The largest absolute Gasteiger partial charge is 0.381 e. The number of nitrogens with one attached hydrogen (secondary N) is 1. The third-order valence-corrected chi connectivity index (χ3v) is 2.68. The third kappa shape index (κ3) is 6.89. The maximum atomic E-state index is 13.6. The zero-order chi connectivity index (χ0) is 15.5. The van der Waals surface area contributed by atoms with Crippen LogP contribution in [0.4, 0.5) is 4.39 Å². The molecule has 0 fully saturated rings. The molecule has 1 rings (SSSR count). The molecule has 1 aromatic rings. The molecule has 0 atom stereocenters. The molecule has 0 saturated carbocycles. The van der Waals surface area contributed by atoms with E-state index < -0.39 is 0 Å². The van der Waals surface area contributed by atoms with Crippen LogP contribution in [-0.2, 0) is 16.1 Å². The van der Waals surface area contributed by atoms with Crippen LogP contribution < -0.4 is 11.1 Å². The van der Waals surface area contributed by atoms with E-state index in [4.69, 9.17) is 10.5 Å². The van der Waals surface area contributed by atoms with E-state index in [1.807, 2.05) is 6.92 Å². The molecule has 4 nitrogen and oxygen atoms in total. The van der Waals surface area contributed by atoms with Crippen molar-refractivity contribution in [3.63, 3.8) is 0 Å². The van der Waals surface area contributed by atoms with Gasteiger partial charge in [0.05, 0.1) is 13.2 Å². The summed E-state index contributed by atoms with van der Waals surface area (Å²) in [5.74, 6) is 5.01. The Morgan fingerprint density at radius 2 is 2.24 bits per heavy atom. The number of hydrogen-bond donors (Lipinski definition) is 2. The Hall–Kier alpha value is -1.90. The molecule has 0 saturated heterocycles. The summed E-state index contributed by atoms with van der Waals surface area (Å²) in [6.45, 7) is 3.41. The molecule has 0 radical (unpaired) electrons. The van der Waals surface area contributed by atoms with Crippen molar-refractivity contribution in [2.24, 2.45) is 5.73 Å². The van der Waals surface area contributed by atoms with Crippen molar-refractivity contribution in [1.82, 2.24) is 5.32 Å². The van der Waals surface area contributed by atoms with Crippen LogP contribution in [0.15, 0.2) is 18.2 Å². The van der Waals surface area contributed by atoms with Crippen LogP contribution in [0.5, 0.6) is 0 Å². The van der Waals surface area contributed by atoms with Gasteiger partial charge in [-0.25, -0.2) is 4.39 Å². The number of amides is 1. The Kier molecular flexibility index (Phi) is 8.10. The van der Waals surface area contributed by atoms with Crippen molar-refractivity contribution in [2.75, 3.05) is 19.8 Å². The van der Waals surface area contributed by atoms with E-state index >= 15 is 0 Å². The van der Waals surface area contributed by atoms with E-state index in [1.54, 1.807) is 12.1 Å². The van der Waals surface area contributed by atoms with Crippen molar-refractivity contribution in [2.45, 2.75) is 26.3 Å². The van der Waals surface area contributed by atoms with Crippen LogP contribution >= 0.6 is 0 Å². The highest BCUT2D eigenvalue weighted by Crippen LogP contribution is 2.10. The van der Waals surface area contributed by atoms with Crippen LogP contribution in [-0.4, -0.2) is 25.7 Å². The summed E-state index contributed by atoms with van der Waals surface area (Å²) in [6.07, 6.45) is 1.19. The van der Waals surface area contributed by atoms with E-state index in [-0.39, 0.29) is 31.2 Å². The summed E-state index contributed by atoms with van der Waals surface area (Å²) in [4.78, 5) is 11.6. The maximum Gasteiger partial charge on any atom is 0.222 e. The predicted molar refractivity (Wildman–Crippen MR) is 79.9 cm³/mol. The molecule has 0 aliphatic heterocycles. The summed E-state index contributed by atoms with van der Waals surface area (Å²) in [5.41, 5.74) is 6.38. The van der Waals surface area contributed by atoms with Gasteiger partial charge in [-0.05, 0) is 24.6 Å². The minimum absolute atomic E-state index is 0.136. The quantitative estimate of drug-likeness (QED) is 0.592. The molecule has 0 bridgehead atoms.